The van der Waals surface area contributed by atoms with Gasteiger partial charge in [-0.2, -0.15) is 0 Å². The van der Waals surface area contributed by atoms with E-state index in [0.717, 1.165) is 22.2 Å². The predicted molar refractivity (Wildman–Crippen MR) is 124 cm³/mol. The van der Waals surface area contributed by atoms with Crippen LogP contribution in [0.2, 0.25) is 0 Å². The van der Waals surface area contributed by atoms with Gasteiger partial charge < -0.3 is 18.8 Å². The summed E-state index contributed by atoms with van der Waals surface area (Å²) in [6, 6.07) is 16.0. The van der Waals surface area contributed by atoms with Crippen molar-refractivity contribution in [2.75, 3.05) is 14.2 Å². The molecule has 0 aromatic heterocycles. The minimum absolute atomic E-state index is 0.478. The number of rotatable bonds is 7. The van der Waals surface area contributed by atoms with Gasteiger partial charge in [-0.05, 0) is 57.4 Å². The third kappa shape index (κ3) is 4.05. The van der Waals surface area contributed by atoms with Crippen molar-refractivity contribution >= 4 is 18.2 Å². The lowest BCUT2D eigenvalue weighted by Gasteiger charge is -2.32. The molecule has 0 N–H and O–H groups in total. The Balaban J connectivity index is 2.35. The highest BCUT2D eigenvalue weighted by atomic mass is 16.7. The predicted octanol–water partition coefficient (Wildman–Crippen LogP) is 5.82. The Morgan fingerprint density at radius 2 is 1.43 bits per heavy atom. The molecule has 2 aromatic carbocycles. The first kappa shape index (κ1) is 22.2. The number of benzene rings is 2. The quantitative estimate of drug-likeness (QED) is 0.330. The summed E-state index contributed by atoms with van der Waals surface area (Å²) in [5, 5.41) is 0. The highest BCUT2D eigenvalue weighted by Gasteiger charge is 2.53. The second-order valence-corrected chi connectivity index (χ2v) is 8.38. The Morgan fingerprint density at radius 3 is 1.90 bits per heavy atom. The van der Waals surface area contributed by atoms with Crippen LogP contribution < -0.4 is 9.47 Å². The number of methoxy groups -OCH3 is 2. The van der Waals surface area contributed by atoms with E-state index >= 15 is 0 Å². The van der Waals surface area contributed by atoms with Gasteiger partial charge in [0.1, 0.15) is 11.5 Å². The second kappa shape index (κ2) is 8.70. The van der Waals surface area contributed by atoms with Crippen molar-refractivity contribution in [2.45, 2.75) is 45.3 Å². The van der Waals surface area contributed by atoms with Crippen LogP contribution in [0.15, 0.2) is 61.2 Å². The first-order valence-electron chi connectivity index (χ1n) is 10.2. The molecule has 0 saturated carbocycles. The van der Waals surface area contributed by atoms with Gasteiger partial charge in [-0.25, -0.2) is 0 Å². The van der Waals surface area contributed by atoms with Gasteiger partial charge in [0.25, 0.3) is 0 Å². The van der Waals surface area contributed by atoms with E-state index in [2.05, 4.69) is 46.4 Å². The average Bonchev–Trinajstić information content (AvgIpc) is 2.95. The molecule has 0 unspecified atom stereocenters. The molecule has 2 aromatic rings. The molecule has 0 aliphatic carbocycles. The van der Waals surface area contributed by atoms with Crippen LogP contribution in [0.5, 0.6) is 11.5 Å². The summed E-state index contributed by atoms with van der Waals surface area (Å²) < 4.78 is 24.5. The SMILES string of the molecule is C=CC/C(=C(/B1OC(C)(C)C(C)(C)O1)c1c(OC)cccc1OC)c1ccccc1. The van der Waals surface area contributed by atoms with Crippen LogP contribution in [0.25, 0.3) is 11.0 Å². The standard InChI is InChI=1S/C25H31BO4/c1-8-13-19(18-14-10-9-11-15-18)23(26-29-24(2,3)25(4,5)30-26)22-20(27-6)16-12-17-21(22)28-7/h8-12,14-17H,1,13H2,2-7H3/b23-19-. The maximum absolute atomic E-state index is 6.50. The Morgan fingerprint density at radius 1 is 0.900 bits per heavy atom. The highest BCUT2D eigenvalue weighted by Crippen LogP contribution is 2.47. The Bertz CT molecular complexity index is 893. The average molecular weight is 406 g/mol. The molecule has 158 valence electrons. The van der Waals surface area contributed by atoms with Crippen molar-refractivity contribution in [3.05, 3.63) is 72.3 Å². The topological polar surface area (TPSA) is 36.9 Å². The zero-order valence-corrected chi connectivity index (χ0v) is 18.8. The normalized spacial score (nSPS) is 18.0. The molecule has 0 amide bonds. The lowest BCUT2D eigenvalue weighted by molar-refractivity contribution is 0.00578. The molecule has 0 atom stereocenters. The summed E-state index contributed by atoms with van der Waals surface area (Å²) in [5.41, 5.74) is 2.92. The van der Waals surface area contributed by atoms with Gasteiger partial charge in [0.2, 0.25) is 0 Å². The summed E-state index contributed by atoms with van der Waals surface area (Å²) in [6.07, 6.45) is 2.54. The third-order valence-corrected chi connectivity index (χ3v) is 5.98. The molecule has 1 heterocycles. The summed E-state index contributed by atoms with van der Waals surface area (Å²) >= 11 is 0. The van der Waals surface area contributed by atoms with E-state index in [0.29, 0.717) is 17.9 Å². The van der Waals surface area contributed by atoms with Crippen LogP contribution in [0.3, 0.4) is 0 Å². The number of hydrogen-bond acceptors (Lipinski definition) is 4. The molecular weight excluding hydrogens is 375 g/mol. The van der Waals surface area contributed by atoms with Gasteiger partial charge in [-0.1, -0.05) is 42.5 Å². The van der Waals surface area contributed by atoms with Crippen LogP contribution in [-0.2, 0) is 9.31 Å². The van der Waals surface area contributed by atoms with Crippen molar-refractivity contribution in [1.82, 2.24) is 0 Å². The Labute approximate surface area is 180 Å². The molecule has 4 nitrogen and oxygen atoms in total. The zero-order valence-electron chi connectivity index (χ0n) is 18.8. The van der Waals surface area contributed by atoms with Crippen molar-refractivity contribution in [2.24, 2.45) is 0 Å². The second-order valence-electron chi connectivity index (χ2n) is 8.38. The molecule has 30 heavy (non-hydrogen) atoms. The fraction of sp³-hybridized carbons (Fsp3) is 0.360. The van der Waals surface area contributed by atoms with Gasteiger partial charge in [0, 0.05) is 5.47 Å². The van der Waals surface area contributed by atoms with Crippen LogP contribution in [-0.4, -0.2) is 32.5 Å². The van der Waals surface area contributed by atoms with Crippen molar-refractivity contribution in [3.63, 3.8) is 0 Å². The molecule has 1 aliphatic rings. The van der Waals surface area contributed by atoms with Crippen molar-refractivity contribution < 1.29 is 18.8 Å². The summed E-state index contributed by atoms with van der Waals surface area (Å²) in [6.45, 7) is 12.2. The van der Waals surface area contributed by atoms with Crippen LogP contribution in [0.4, 0.5) is 0 Å². The molecular formula is C25H31BO4. The van der Waals surface area contributed by atoms with Gasteiger partial charge in [0.05, 0.1) is 31.0 Å². The largest absolute Gasteiger partial charge is 0.496 e. The van der Waals surface area contributed by atoms with Gasteiger partial charge in [-0.3, -0.25) is 0 Å². The van der Waals surface area contributed by atoms with Gasteiger partial charge in [-0.15, -0.1) is 6.58 Å². The smallest absolute Gasteiger partial charge is 0.496 e. The molecule has 1 aliphatic heterocycles. The maximum Gasteiger partial charge on any atom is 0.496 e. The zero-order chi connectivity index (χ0) is 21.9. The van der Waals surface area contributed by atoms with E-state index in [4.69, 9.17) is 18.8 Å². The number of ether oxygens (including phenoxy) is 2. The lowest BCUT2D eigenvalue weighted by atomic mass is 9.69. The monoisotopic (exact) mass is 406 g/mol. The maximum atomic E-state index is 6.50. The van der Waals surface area contributed by atoms with E-state index < -0.39 is 18.3 Å². The number of hydrogen-bond donors (Lipinski definition) is 0. The number of allylic oxidation sites excluding steroid dienone is 2. The minimum atomic E-state index is -0.588. The lowest BCUT2D eigenvalue weighted by Crippen LogP contribution is -2.41. The molecule has 1 fully saturated rings. The summed E-state index contributed by atoms with van der Waals surface area (Å²) in [7, 11) is 2.74. The summed E-state index contributed by atoms with van der Waals surface area (Å²) in [5.74, 6) is 1.41. The molecule has 0 radical (unpaired) electrons. The molecule has 3 rings (SSSR count). The van der Waals surface area contributed by atoms with E-state index in [9.17, 15) is 0 Å². The third-order valence-electron chi connectivity index (χ3n) is 5.98. The highest BCUT2D eigenvalue weighted by molar-refractivity contribution is 6.71. The molecule has 0 bridgehead atoms. The van der Waals surface area contributed by atoms with E-state index in [1.165, 1.54) is 0 Å². The van der Waals surface area contributed by atoms with Crippen LogP contribution >= 0.6 is 0 Å². The molecule has 0 spiro atoms. The van der Waals surface area contributed by atoms with Crippen molar-refractivity contribution in [1.29, 1.82) is 0 Å². The summed E-state index contributed by atoms with van der Waals surface area (Å²) in [4.78, 5) is 0. The first-order valence-corrected chi connectivity index (χ1v) is 10.2. The Kier molecular flexibility index (Phi) is 6.44. The molecule has 1 saturated heterocycles. The minimum Gasteiger partial charge on any atom is -0.496 e. The first-order chi connectivity index (χ1) is 14.3. The van der Waals surface area contributed by atoms with E-state index in [-0.39, 0.29) is 0 Å². The van der Waals surface area contributed by atoms with Crippen molar-refractivity contribution in [3.8, 4) is 11.5 Å². The fourth-order valence-corrected chi connectivity index (χ4v) is 3.66. The van der Waals surface area contributed by atoms with E-state index in [1.807, 2.05) is 42.5 Å². The fourth-order valence-electron chi connectivity index (χ4n) is 3.66. The van der Waals surface area contributed by atoms with Gasteiger partial charge in [0.15, 0.2) is 0 Å². The van der Waals surface area contributed by atoms with Crippen LogP contribution in [0, 0.1) is 0 Å². The van der Waals surface area contributed by atoms with E-state index in [1.54, 1.807) is 14.2 Å². The van der Waals surface area contributed by atoms with Gasteiger partial charge >= 0.3 is 7.12 Å². The molecule has 5 heteroatoms. The van der Waals surface area contributed by atoms with Crippen LogP contribution in [0.1, 0.15) is 45.2 Å². The Hall–Kier alpha value is -2.50.